The van der Waals surface area contributed by atoms with Crippen LogP contribution in [0.25, 0.3) is 0 Å². The molecule has 1 rings (SSSR count). The maximum atomic E-state index is 12.0. The minimum absolute atomic E-state index is 0.0533. The van der Waals surface area contributed by atoms with Gasteiger partial charge in [-0.3, -0.25) is 14.5 Å². The summed E-state index contributed by atoms with van der Waals surface area (Å²) < 4.78 is 0. The van der Waals surface area contributed by atoms with Crippen molar-refractivity contribution in [1.29, 1.82) is 0 Å². The van der Waals surface area contributed by atoms with Crippen LogP contribution in [0.5, 0.6) is 0 Å². The van der Waals surface area contributed by atoms with Gasteiger partial charge in [0.25, 0.3) is 5.91 Å². The fourth-order valence-electron chi connectivity index (χ4n) is 2.35. The molecule has 23 heavy (non-hydrogen) atoms. The van der Waals surface area contributed by atoms with Gasteiger partial charge in [0.05, 0.1) is 0 Å². The molecule has 1 saturated heterocycles. The van der Waals surface area contributed by atoms with Crippen LogP contribution < -0.4 is 10.6 Å². The number of amides is 4. The Hall–Kier alpha value is -2.12. The number of hydrogen-bond donors (Lipinski definition) is 3. The van der Waals surface area contributed by atoms with Crippen LogP contribution in [0.1, 0.15) is 47.0 Å². The molecule has 8 nitrogen and oxygen atoms in total. The molecule has 0 aromatic carbocycles. The van der Waals surface area contributed by atoms with Crippen molar-refractivity contribution in [2.24, 2.45) is 5.92 Å². The van der Waals surface area contributed by atoms with Crippen LogP contribution in [0.3, 0.4) is 0 Å². The van der Waals surface area contributed by atoms with E-state index in [0.29, 0.717) is 6.42 Å². The molecule has 4 amide bonds. The van der Waals surface area contributed by atoms with Gasteiger partial charge in [0, 0.05) is 13.0 Å². The maximum Gasteiger partial charge on any atom is 0.326 e. The normalized spacial score (nSPS) is 19.2. The summed E-state index contributed by atoms with van der Waals surface area (Å²) in [6, 6.07) is -1.40. The Labute approximate surface area is 135 Å². The zero-order valence-corrected chi connectivity index (χ0v) is 14.0. The van der Waals surface area contributed by atoms with Crippen LogP contribution in [0.4, 0.5) is 4.79 Å². The molecule has 3 N–H and O–H groups in total. The highest BCUT2D eigenvalue weighted by Gasteiger charge is 2.43. The summed E-state index contributed by atoms with van der Waals surface area (Å²) in [6.07, 6.45) is 0.973. The smallest absolute Gasteiger partial charge is 0.326 e. The Morgan fingerprint density at radius 1 is 1.35 bits per heavy atom. The summed E-state index contributed by atoms with van der Waals surface area (Å²) in [5, 5.41) is 14.2. The van der Waals surface area contributed by atoms with Gasteiger partial charge in [-0.2, -0.15) is 0 Å². The van der Waals surface area contributed by atoms with E-state index < -0.39 is 29.5 Å². The summed E-state index contributed by atoms with van der Waals surface area (Å²) in [7, 11) is 0. The van der Waals surface area contributed by atoms with E-state index in [-0.39, 0.29) is 31.2 Å². The van der Waals surface area contributed by atoms with Crippen LogP contribution in [-0.2, 0) is 14.4 Å². The van der Waals surface area contributed by atoms with Gasteiger partial charge in [-0.1, -0.05) is 20.3 Å². The molecule has 0 saturated carbocycles. The molecule has 0 unspecified atom stereocenters. The number of imide groups is 1. The molecule has 0 spiro atoms. The zero-order valence-electron chi connectivity index (χ0n) is 14.0. The average molecular weight is 327 g/mol. The standard InChI is InChI=1S/C15H25N3O5/c1-5-9(2)11(12(20)21)16-10(19)7-6-8-18-13(22)15(3,4)17-14(18)23/h9,11H,5-8H2,1-4H3,(H,16,19)(H,17,23)(H,20,21)/t9-,11-/m0/s1. The molecule has 1 fully saturated rings. The predicted molar refractivity (Wildman–Crippen MR) is 82.6 cm³/mol. The van der Waals surface area contributed by atoms with Crippen molar-refractivity contribution in [1.82, 2.24) is 15.5 Å². The van der Waals surface area contributed by atoms with Crippen molar-refractivity contribution in [3.8, 4) is 0 Å². The van der Waals surface area contributed by atoms with Gasteiger partial charge in [0.1, 0.15) is 11.6 Å². The molecule has 0 bridgehead atoms. The van der Waals surface area contributed by atoms with E-state index >= 15 is 0 Å². The van der Waals surface area contributed by atoms with Crippen molar-refractivity contribution in [2.45, 2.75) is 58.5 Å². The van der Waals surface area contributed by atoms with Gasteiger partial charge >= 0.3 is 12.0 Å². The third kappa shape index (κ3) is 4.67. The van der Waals surface area contributed by atoms with Crippen LogP contribution >= 0.6 is 0 Å². The first kappa shape index (κ1) is 18.9. The van der Waals surface area contributed by atoms with Gasteiger partial charge in [-0.15, -0.1) is 0 Å². The first-order chi connectivity index (χ1) is 10.6. The topological polar surface area (TPSA) is 116 Å². The van der Waals surface area contributed by atoms with Gasteiger partial charge < -0.3 is 15.7 Å². The van der Waals surface area contributed by atoms with Crippen LogP contribution in [0.2, 0.25) is 0 Å². The number of carboxylic acids is 1. The molecule has 8 heteroatoms. The van der Waals surface area contributed by atoms with E-state index in [1.54, 1.807) is 20.8 Å². The molecule has 130 valence electrons. The maximum absolute atomic E-state index is 12.0. The number of urea groups is 1. The lowest BCUT2D eigenvalue weighted by Crippen LogP contribution is -2.45. The third-order valence-electron chi connectivity index (χ3n) is 4.03. The third-order valence-corrected chi connectivity index (χ3v) is 4.03. The molecular weight excluding hydrogens is 302 g/mol. The number of carboxylic acid groups (broad SMARTS) is 1. The molecule has 1 heterocycles. The Kier molecular flexibility index (Phi) is 6.12. The average Bonchev–Trinajstić information content (AvgIpc) is 2.65. The van der Waals surface area contributed by atoms with E-state index in [2.05, 4.69) is 10.6 Å². The van der Waals surface area contributed by atoms with Crippen molar-refractivity contribution in [2.75, 3.05) is 6.54 Å². The van der Waals surface area contributed by atoms with Crippen molar-refractivity contribution in [3.63, 3.8) is 0 Å². The number of carbonyl (C=O) groups is 4. The number of nitrogens with one attached hydrogen (secondary N) is 2. The van der Waals surface area contributed by atoms with Gasteiger partial charge in [0.2, 0.25) is 5.91 Å². The largest absolute Gasteiger partial charge is 0.480 e. The molecular formula is C15H25N3O5. The summed E-state index contributed by atoms with van der Waals surface area (Å²) in [6.45, 7) is 6.97. The van der Waals surface area contributed by atoms with E-state index in [1.807, 2.05) is 6.92 Å². The number of hydrogen-bond acceptors (Lipinski definition) is 4. The predicted octanol–water partition coefficient (Wildman–Crippen LogP) is 0.713. The SMILES string of the molecule is CC[C@H](C)[C@H](NC(=O)CCCN1C(=O)NC(C)(C)C1=O)C(=O)O. The van der Waals surface area contributed by atoms with Crippen LogP contribution in [-0.4, -0.2) is 51.9 Å². The second-order valence-corrected chi connectivity index (χ2v) is 6.38. The van der Waals surface area contributed by atoms with E-state index in [9.17, 15) is 19.2 Å². The summed E-state index contributed by atoms with van der Waals surface area (Å²) >= 11 is 0. The number of carbonyl (C=O) groups excluding carboxylic acids is 3. The zero-order chi connectivity index (χ0) is 17.8. The minimum atomic E-state index is -1.07. The summed E-state index contributed by atoms with van der Waals surface area (Å²) in [4.78, 5) is 47.8. The van der Waals surface area contributed by atoms with Crippen molar-refractivity contribution < 1.29 is 24.3 Å². The Balaban J connectivity index is 2.47. The second-order valence-electron chi connectivity index (χ2n) is 6.38. The molecule has 1 aliphatic rings. The van der Waals surface area contributed by atoms with Crippen LogP contribution in [0, 0.1) is 5.92 Å². The van der Waals surface area contributed by atoms with E-state index in [4.69, 9.17) is 5.11 Å². The fraction of sp³-hybridized carbons (Fsp3) is 0.733. The van der Waals surface area contributed by atoms with Gasteiger partial charge in [0.15, 0.2) is 0 Å². The minimum Gasteiger partial charge on any atom is -0.480 e. The Morgan fingerprint density at radius 2 is 1.96 bits per heavy atom. The van der Waals surface area contributed by atoms with Crippen LogP contribution in [0.15, 0.2) is 0 Å². The van der Waals surface area contributed by atoms with Gasteiger partial charge in [-0.05, 0) is 26.2 Å². The van der Waals surface area contributed by atoms with Gasteiger partial charge in [-0.25, -0.2) is 9.59 Å². The van der Waals surface area contributed by atoms with Crippen molar-refractivity contribution >= 4 is 23.8 Å². The molecule has 0 aromatic heterocycles. The number of nitrogens with zero attached hydrogens (tertiary/aromatic N) is 1. The Morgan fingerprint density at radius 3 is 2.39 bits per heavy atom. The quantitative estimate of drug-likeness (QED) is 0.568. The lowest BCUT2D eigenvalue weighted by Gasteiger charge is -2.20. The highest BCUT2D eigenvalue weighted by molar-refractivity contribution is 6.06. The lowest BCUT2D eigenvalue weighted by atomic mass is 9.99. The first-order valence-electron chi connectivity index (χ1n) is 7.76. The lowest BCUT2D eigenvalue weighted by molar-refractivity contribution is -0.143. The molecule has 0 radical (unpaired) electrons. The highest BCUT2D eigenvalue weighted by Crippen LogP contribution is 2.17. The fourth-order valence-corrected chi connectivity index (χ4v) is 2.35. The molecule has 1 aliphatic heterocycles. The monoisotopic (exact) mass is 327 g/mol. The number of rotatable bonds is 8. The first-order valence-corrected chi connectivity index (χ1v) is 7.76. The summed E-state index contributed by atoms with van der Waals surface area (Å²) in [5.74, 6) is -1.97. The number of aliphatic carboxylic acids is 1. The molecule has 0 aromatic rings. The van der Waals surface area contributed by atoms with Crippen molar-refractivity contribution in [3.05, 3.63) is 0 Å². The Bertz CT molecular complexity index is 503. The molecule has 0 aliphatic carbocycles. The van der Waals surface area contributed by atoms with E-state index in [0.717, 1.165) is 4.90 Å². The second kappa shape index (κ2) is 7.43. The summed E-state index contributed by atoms with van der Waals surface area (Å²) in [5.41, 5.74) is -0.926. The highest BCUT2D eigenvalue weighted by atomic mass is 16.4. The molecule has 2 atom stereocenters. The van der Waals surface area contributed by atoms with E-state index in [1.165, 1.54) is 0 Å².